The van der Waals surface area contributed by atoms with Gasteiger partial charge in [-0.1, -0.05) is 99.1 Å². The third-order valence-electron chi connectivity index (χ3n) is 9.52. The summed E-state index contributed by atoms with van der Waals surface area (Å²) in [7, 11) is -0.881. The number of nitrogens with one attached hydrogen (secondary N) is 1. The van der Waals surface area contributed by atoms with Crippen molar-refractivity contribution in [1.82, 2.24) is 19.9 Å². The molecule has 4 heterocycles. The predicted octanol–water partition coefficient (Wildman–Crippen LogP) is 8.37. The number of H-pyrrole nitrogens is 1. The number of halogens is 1. The number of aromatic amines is 1. The first-order valence-electron chi connectivity index (χ1n) is 17.3. The zero-order valence-electron chi connectivity index (χ0n) is 29.8. The monoisotopic (exact) mass is 703 g/mol. The van der Waals surface area contributed by atoms with E-state index in [4.69, 9.17) is 30.7 Å². The summed E-state index contributed by atoms with van der Waals surface area (Å²) in [6, 6.07) is 29.8. The Morgan fingerprint density at radius 2 is 1.58 bits per heavy atom. The molecule has 6 rings (SSSR count). The molecule has 9 heteroatoms. The number of hydrogen-bond donors (Lipinski definition) is 1. The molecule has 6 aromatic rings. The first-order valence-corrected chi connectivity index (χ1v) is 19.6. The molecule has 0 radical (unpaired) electrons. The number of nitrogens with zero attached hydrogens (tertiary/aromatic N) is 4. The highest BCUT2D eigenvalue weighted by atomic mass is 35.5. The maximum atomic E-state index is 7.15. The number of hydrogen-bond acceptors (Lipinski definition) is 6. The third kappa shape index (κ3) is 7.19. The lowest BCUT2D eigenvalue weighted by Gasteiger charge is -2.43. The van der Waals surface area contributed by atoms with Crippen LogP contribution in [0.15, 0.2) is 104 Å². The van der Waals surface area contributed by atoms with Crippen LogP contribution in [0, 0.1) is 6.92 Å². The molecular weight excluding hydrogens is 658 g/mol. The van der Waals surface area contributed by atoms with Crippen molar-refractivity contribution in [2.75, 3.05) is 31.7 Å². The molecule has 0 atom stereocenters. The van der Waals surface area contributed by atoms with Crippen molar-refractivity contribution >= 4 is 47.1 Å². The second-order valence-corrected chi connectivity index (χ2v) is 18.4. The molecule has 4 aromatic heterocycles. The molecule has 258 valence electrons. The van der Waals surface area contributed by atoms with Crippen molar-refractivity contribution in [3.8, 4) is 17.0 Å². The highest BCUT2D eigenvalue weighted by Gasteiger charge is 2.50. The number of pyridine rings is 3. The van der Waals surface area contributed by atoms with Crippen LogP contribution in [0.3, 0.4) is 0 Å². The Labute approximate surface area is 301 Å². The van der Waals surface area contributed by atoms with Crippen LogP contribution in [0.1, 0.15) is 50.9 Å². The smallest absolute Gasteiger partial charge is 0.261 e. The number of anilines is 1. The van der Waals surface area contributed by atoms with Crippen molar-refractivity contribution in [2.45, 2.75) is 52.5 Å². The molecule has 0 aliphatic rings. The highest BCUT2D eigenvalue weighted by Crippen LogP contribution is 2.37. The van der Waals surface area contributed by atoms with Gasteiger partial charge in [0.15, 0.2) is 0 Å². The largest absolute Gasteiger partial charge is 0.496 e. The maximum absolute atomic E-state index is 7.15. The van der Waals surface area contributed by atoms with E-state index in [-0.39, 0.29) is 5.04 Å². The van der Waals surface area contributed by atoms with Gasteiger partial charge in [0, 0.05) is 61.9 Å². The van der Waals surface area contributed by atoms with Crippen LogP contribution in [0.2, 0.25) is 10.1 Å². The number of aryl methyl sites for hydroxylation is 1. The molecule has 0 bridgehead atoms. The zero-order chi connectivity index (χ0) is 35.3. The fourth-order valence-corrected chi connectivity index (χ4v) is 11.7. The van der Waals surface area contributed by atoms with Gasteiger partial charge in [0.2, 0.25) is 0 Å². The van der Waals surface area contributed by atoms with Gasteiger partial charge < -0.3 is 19.0 Å². The van der Waals surface area contributed by atoms with E-state index in [1.807, 2.05) is 37.5 Å². The van der Waals surface area contributed by atoms with Gasteiger partial charge in [-0.05, 0) is 58.9 Å². The predicted molar refractivity (Wildman–Crippen MR) is 209 cm³/mol. The quantitative estimate of drug-likeness (QED) is 0.0963. The molecule has 7 nitrogen and oxygen atoms in total. The van der Waals surface area contributed by atoms with E-state index in [2.05, 4.69) is 109 Å². The van der Waals surface area contributed by atoms with E-state index in [9.17, 15) is 0 Å². The van der Waals surface area contributed by atoms with E-state index in [1.54, 1.807) is 13.3 Å². The Morgan fingerprint density at radius 3 is 2.20 bits per heavy atom. The Kier molecular flexibility index (Phi) is 10.7. The van der Waals surface area contributed by atoms with E-state index in [0.29, 0.717) is 11.6 Å². The van der Waals surface area contributed by atoms with Gasteiger partial charge in [-0.25, -0.2) is 9.97 Å². The fourth-order valence-electron chi connectivity index (χ4n) is 6.95. The average molecular weight is 704 g/mol. The Bertz CT molecular complexity index is 2010. The lowest BCUT2D eigenvalue weighted by atomic mass is 10.0. The number of methoxy groups -OCH3 is 1. The molecule has 50 heavy (non-hydrogen) atoms. The first kappa shape index (κ1) is 35.3. The summed E-state index contributed by atoms with van der Waals surface area (Å²) in [4.78, 5) is 19.8. The third-order valence-corrected chi connectivity index (χ3v) is 14.8. The molecule has 0 spiro atoms. The summed E-state index contributed by atoms with van der Waals surface area (Å²) >= 11 is 6.23. The topological polar surface area (TPSA) is 76.2 Å². The van der Waals surface area contributed by atoms with Crippen LogP contribution < -0.4 is 20.0 Å². The van der Waals surface area contributed by atoms with E-state index in [0.717, 1.165) is 76.6 Å². The van der Waals surface area contributed by atoms with Gasteiger partial charge in [-0.3, -0.25) is 4.98 Å². The van der Waals surface area contributed by atoms with Gasteiger partial charge >= 0.3 is 0 Å². The fraction of sp³-hybridized carbons (Fsp3) is 0.293. The summed E-state index contributed by atoms with van der Waals surface area (Å²) in [5, 5.41) is 4.18. The van der Waals surface area contributed by atoms with Crippen molar-refractivity contribution in [2.24, 2.45) is 0 Å². The van der Waals surface area contributed by atoms with Gasteiger partial charge in [0.05, 0.1) is 23.4 Å². The van der Waals surface area contributed by atoms with Crippen molar-refractivity contribution < 1.29 is 9.16 Å². The number of ether oxygens (including phenoxy) is 1. The van der Waals surface area contributed by atoms with Crippen molar-refractivity contribution in [3.05, 3.63) is 125 Å². The van der Waals surface area contributed by atoms with Crippen LogP contribution in [0.5, 0.6) is 5.75 Å². The number of rotatable bonds is 13. The molecule has 0 aliphatic carbocycles. The Balaban J connectivity index is 1.17. The minimum atomic E-state index is -2.58. The summed E-state index contributed by atoms with van der Waals surface area (Å²) in [5.41, 5.74) is 5.74. The number of aromatic nitrogens is 4. The molecule has 0 fully saturated rings. The van der Waals surface area contributed by atoms with Crippen LogP contribution in [0.25, 0.3) is 22.3 Å². The molecule has 0 unspecified atom stereocenters. The van der Waals surface area contributed by atoms with E-state index < -0.39 is 8.32 Å². The summed E-state index contributed by atoms with van der Waals surface area (Å²) < 4.78 is 13.1. The summed E-state index contributed by atoms with van der Waals surface area (Å²) in [6.45, 7) is 13.4. The van der Waals surface area contributed by atoms with Crippen molar-refractivity contribution in [3.63, 3.8) is 0 Å². The second kappa shape index (κ2) is 15.2. The van der Waals surface area contributed by atoms with Gasteiger partial charge in [0.25, 0.3) is 8.32 Å². The molecule has 1 N–H and O–H groups in total. The van der Waals surface area contributed by atoms with Crippen LogP contribution in [-0.2, 0) is 10.8 Å². The van der Waals surface area contributed by atoms with Crippen LogP contribution in [0.4, 0.5) is 5.82 Å². The average Bonchev–Trinajstić information content (AvgIpc) is 3.52. The summed E-state index contributed by atoms with van der Waals surface area (Å²) in [6.07, 6.45) is 7.12. The minimum Gasteiger partial charge on any atom is -0.496 e. The standard InChI is InChI=1S/C41H46ClN5O2Si/c1-7-47(21-14-22-49-50(41(3,4)5,33-15-10-8-11-16-33)34-17-12-9-13-18-34)39-25-38(48-6)36(28-43-39)37-20-19-30(29(2)46-37)23-31-26-44-40-35(31)24-32(42)27-45-40/h8-13,15-20,24-28H,7,14,21-23H2,1-6H3,(H,44,45). The van der Waals surface area contributed by atoms with Gasteiger partial charge in [-0.2, -0.15) is 0 Å². The van der Waals surface area contributed by atoms with Gasteiger partial charge in [-0.15, -0.1) is 0 Å². The molecule has 0 saturated carbocycles. The maximum Gasteiger partial charge on any atom is 0.261 e. The Morgan fingerprint density at radius 1 is 0.880 bits per heavy atom. The van der Waals surface area contributed by atoms with E-state index in [1.165, 1.54) is 10.4 Å². The van der Waals surface area contributed by atoms with Gasteiger partial charge in [0.1, 0.15) is 17.2 Å². The molecule has 0 amide bonds. The molecular formula is C41H46ClN5O2Si. The second-order valence-electron chi connectivity index (χ2n) is 13.7. The summed E-state index contributed by atoms with van der Waals surface area (Å²) in [5.74, 6) is 1.62. The lowest BCUT2D eigenvalue weighted by Crippen LogP contribution is -2.66. The highest BCUT2D eigenvalue weighted by molar-refractivity contribution is 6.99. The lowest BCUT2D eigenvalue weighted by molar-refractivity contribution is 0.293. The Hall–Kier alpha value is -4.50. The SMILES string of the molecule is CCN(CCCO[Si](c1ccccc1)(c1ccccc1)C(C)(C)C)c1cc(OC)c(-c2ccc(Cc3c[nH]c4ncc(Cl)cc34)c(C)n2)cn1. The zero-order valence-corrected chi connectivity index (χ0v) is 31.6. The number of benzene rings is 2. The number of fused-ring (bicyclic) bond motifs is 1. The van der Waals surface area contributed by atoms with Crippen LogP contribution in [-0.4, -0.2) is 55.1 Å². The molecule has 0 aliphatic heterocycles. The first-order chi connectivity index (χ1) is 24.1. The van der Waals surface area contributed by atoms with Crippen molar-refractivity contribution in [1.29, 1.82) is 0 Å². The van der Waals surface area contributed by atoms with E-state index >= 15 is 0 Å². The molecule has 2 aromatic carbocycles. The minimum absolute atomic E-state index is 0.0578. The van der Waals surface area contributed by atoms with Crippen LogP contribution >= 0.6 is 11.6 Å². The normalized spacial score (nSPS) is 12.0. The molecule has 0 saturated heterocycles.